The first-order valence-electron chi connectivity index (χ1n) is 12.3. The molecule has 2 saturated heterocycles. The van der Waals surface area contributed by atoms with Gasteiger partial charge in [0.05, 0.1) is 19.8 Å². The number of rotatable bonds is 3. The molecule has 6 rings (SSSR count). The second-order valence-corrected chi connectivity index (χ2v) is 11.4. The Morgan fingerprint density at radius 3 is 2.51 bits per heavy atom. The summed E-state index contributed by atoms with van der Waals surface area (Å²) in [6.45, 7) is 7.70. The van der Waals surface area contributed by atoms with E-state index in [4.69, 9.17) is 28.4 Å². The molecule has 1 aromatic carbocycles. The van der Waals surface area contributed by atoms with Crippen molar-refractivity contribution < 1.29 is 43.4 Å². The van der Waals surface area contributed by atoms with Crippen molar-refractivity contribution in [3.8, 4) is 11.5 Å². The Balaban J connectivity index is 1.56. The highest BCUT2D eigenvalue weighted by Gasteiger charge is 2.81. The maximum Gasteiger partial charge on any atom is 0.342 e. The first kappa shape index (κ1) is 23.5. The fourth-order valence-corrected chi connectivity index (χ4v) is 8.22. The Kier molecular flexibility index (Phi) is 4.62. The molecule has 4 aliphatic heterocycles. The average molecular weight is 491 g/mol. The lowest BCUT2D eigenvalue weighted by Crippen LogP contribution is -2.78. The van der Waals surface area contributed by atoms with Gasteiger partial charge in [-0.1, -0.05) is 6.92 Å². The van der Waals surface area contributed by atoms with E-state index in [1.165, 1.54) is 7.11 Å². The predicted molar refractivity (Wildman–Crippen MR) is 121 cm³/mol. The molecule has 1 saturated carbocycles. The quantitative estimate of drug-likeness (QED) is 0.617. The first-order chi connectivity index (χ1) is 16.4. The van der Waals surface area contributed by atoms with E-state index in [-0.39, 0.29) is 31.5 Å². The van der Waals surface area contributed by atoms with Gasteiger partial charge in [-0.2, -0.15) is 0 Å². The van der Waals surface area contributed by atoms with Gasteiger partial charge in [0.2, 0.25) is 0 Å². The van der Waals surface area contributed by atoms with Crippen molar-refractivity contribution in [3.05, 3.63) is 22.3 Å². The molecular formula is C26H34O9. The minimum absolute atomic E-state index is 0.142. The first-order valence-corrected chi connectivity index (χ1v) is 12.3. The van der Waals surface area contributed by atoms with E-state index in [1.807, 2.05) is 13.8 Å². The molecule has 5 aliphatic rings. The zero-order chi connectivity index (χ0) is 25.2. The molecule has 3 fully saturated rings. The number of carbonyl (C=O) groups is 1. The van der Waals surface area contributed by atoms with Crippen molar-refractivity contribution in [2.24, 2.45) is 11.3 Å². The summed E-state index contributed by atoms with van der Waals surface area (Å²) in [5, 5.41) is 22.3. The number of cyclic esters (lactones) is 1. The number of methoxy groups -OCH3 is 2. The average Bonchev–Trinajstić information content (AvgIpc) is 3.32. The smallest absolute Gasteiger partial charge is 0.342 e. The number of fused-ring (bicyclic) bond motifs is 5. The van der Waals surface area contributed by atoms with Gasteiger partial charge in [-0.15, -0.1) is 0 Å². The molecule has 0 amide bonds. The second kappa shape index (κ2) is 6.89. The van der Waals surface area contributed by atoms with Crippen LogP contribution in [0.25, 0.3) is 0 Å². The molecular weight excluding hydrogens is 456 g/mol. The topological polar surface area (TPSA) is 113 Å². The lowest BCUT2D eigenvalue weighted by molar-refractivity contribution is -0.392. The molecule has 9 nitrogen and oxygen atoms in total. The van der Waals surface area contributed by atoms with E-state index >= 15 is 0 Å². The van der Waals surface area contributed by atoms with Crippen molar-refractivity contribution in [2.45, 2.75) is 88.9 Å². The van der Waals surface area contributed by atoms with Crippen molar-refractivity contribution in [3.63, 3.8) is 0 Å². The van der Waals surface area contributed by atoms with Crippen LogP contribution in [-0.2, 0) is 32.0 Å². The van der Waals surface area contributed by atoms with E-state index in [0.29, 0.717) is 36.3 Å². The molecule has 0 aromatic heterocycles. The van der Waals surface area contributed by atoms with E-state index in [9.17, 15) is 15.0 Å². The predicted octanol–water partition coefficient (Wildman–Crippen LogP) is 2.39. The third-order valence-corrected chi connectivity index (χ3v) is 9.84. The van der Waals surface area contributed by atoms with Crippen LogP contribution in [0.5, 0.6) is 11.5 Å². The molecule has 35 heavy (non-hydrogen) atoms. The number of hydrogen-bond donors (Lipinski definition) is 2. The number of aliphatic hydroxyl groups excluding tert-OH is 2. The summed E-state index contributed by atoms with van der Waals surface area (Å²) < 4.78 is 36.5. The van der Waals surface area contributed by atoms with Crippen molar-refractivity contribution in [1.29, 1.82) is 0 Å². The highest BCUT2D eigenvalue weighted by Crippen LogP contribution is 2.71. The van der Waals surface area contributed by atoms with Crippen LogP contribution in [0.3, 0.4) is 0 Å². The Morgan fingerprint density at radius 1 is 1.11 bits per heavy atom. The normalized spacial score (nSPS) is 45.1. The maximum atomic E-state index is 12.6. The third kappa shape index (κ3) is 2.49. The van der Waals surface area contributed by atoms with Gasteiger partial charge < -0.3 is 38.6 Å². The summed E-state index contributed by atoms with van der Waals surface area (Å²) >= 11 is 0. The number of aliphatic hydroxyl groups is 2. The van der Waals surface area contributed by atoms with E-state index in [2.05, 4.69) is 6.92 Å². The van der Waals surface area contributed by atoms with Gasteiger partial charge in [-0.05, 0) is 39.2 Å². The Hall–Kier alpha value is -1.91. The summed E-state index contributed by atoms with van der Waals surface area (Å²) in [4.78, 5) is 12.6. The molecule has 9 heteroatoms. The molecule has 2 bridgehead atoms. The largest absolute Gasteiger partial charge is 0.495 e. The van der Waals surface area contributed by atoms with Crippen LogP contribution < -0.4 is 9.47 Å². The van der Waals surface area contributed by atoms with Crippen LogP contribution in [0.2, 0.25) is 0 Å². The fourth-order valence-electron chi connectivity index (χ4n) is 8.22. The van der Waals surface area contributed by atoms with Crippen LogP contribution in [-0.4, -0.2) is 65.9 Å². The summed E-state index contributed by atoms with van der Waals surface area (Å²) in [5.74, 6) is -0.667. The van der Waals surface area contributed by atoms with Crippen LogP contribution in [0.1, 0.15) is 67.1 Å². The van der Waals surface area contributed by atoms with Gasteiger partial charge in [0.25, 0.3) is 5.97 Å². The lowest BCUT2D eigenvalue weighted by Gasteiger charge is -2.66. The van der Waals surface area contributed by atoms with Gasteiger partial charge >= 0.3 is 5.97 Å². The SMILES string of the molecule is COc1c2c(c(C)c3c1C(=O)OC3)O[C@@]1(C)C[C@H](O)[C@]34O[C@](OC)(CC[C@]3(C)[C@@H]1C2)O[C@@]4(C)CO. The van der Waals surface area contributed by atoms with Crippen LogP contribution in [0, 0.1) is 18.3 Å². The highest BCUT2D eigenvalue weighted by molar-refractivity contribution is 5.98. The molecule has 1 aromatic rings. The van der Waals surface area contributed by atoms with Crippen molar-refractivity contribution in [1.82, 2.24) is 0 Å². The summed E-state index contributed by atoms with van der Waals surface area (Å²) in [6.07, 6.45) is 0.911. The fraction of sp³-hybridized carbons (Fsp3) is 0.731. The highest BCUT2D eigenvalue weighted by atomic mass is 16.9. The van der Waals surface area contributed by atoms with Gasteiger partial charge in [-0.3, -0.25) is 0 Å². The minimum Gasteiger partial charge on any atom is -0.495 e. The minimum atomic E-state index is -1.32. The number of carbonyl (C=O) groups excluding carboxylic acids is 1. The maximum absolute atomic E-state index is 12.6. The molecule has 2 N–H and O–H groups in total. The third-order valence-electron chi connectivity index (χ3n) is 9.84. The van der Waals surface area contributed by atoms with Gasteiger partial charge in [0, 0.05) is 42.4 Å². The number of esters is 1. The number of ether oxygens (including phenoxy) is 6. The zero-order valence-corrected chi connectivity index (χ0v) is 21.1. The Morgan fingerprint density at radius 2 is 1.86 bits per heavy atom. The molecule has 1 spiro atoms. The molecule has 0 unspecified atom stereocenters. The van der Waals surface area contributed by atoms with E-state index in [0.717, 1.165) is 16.7 Å². The molecule has 1 aliphatic carbocycles. The van der Waals surface area contributed by atoms with Gasteiger partial charge in [-0.25, -0.2) is 4.79 Å². The summed E-state index contributed by atoms with van der Waals surface area (Å²) in [7, 11) is 3.08. The Labute approximate surface area is 204 Å². The molecule has 7 atom stereocenters. The van der Waals surface area contributed by atoms with Crippen LogP contribution >= 0.6 is 0 Å². The van der Waals surface area contributed by atoms with Crippen molar-refractivity contribution in [2.75, 3.05) is 20.8 Å². The molecule has 4 heterocycles. The van der Waals surface area contributed by atoms with E-state index < -0.39 is 34.3 Å². The van der Waals surface area contributed by atoms with Crippen LogP contribution in [0.15, 0.2) is 0 Å². The zero-order valence-electron chi connectivity index (χ0n) is 21.1. The lowest BCUT2D eigenvalue weighted by atomic mass is 9.45. The monoisotopic (exact) mass is 490 g/mol. The van der Waals surface area contributed by atoms with Gasteiger partial charge in [0.1, 0.15) is 40.5 Å². The summed E-state index contributed by atoms with van der Waals surface area (Å²) in [5.41, 5.74) is -0.872. The molecule has 192 valence electrons. The Bertz CT molecular complexity index is 1130. The second-order valence-electron chi connectivity index (χ2n) is 11.4. The van der Waals surface area contributed by atoms with Gasteiger partial charge in [0.15, 0.2) is 0 Å². The van der Waals surface area contributed by atoms with Crippen molar-refractivity contribution >= 4 is 5.97 Å². The standard InChI is InChI=1S/C26H34O9/c1-13-15-11-32-21(29)18(15)20(30-5)14-9-16-22(2)7-8-25(31-6)34-24(4,12-27)26(22,35-25)17(28)10-23(16,3)33-19(13)14/h16-17,27-28H,7-12H2,1-6H3/t16-,17-,22+,23-,24-,25-,26-/m0/s1. The number of hydrogen-bond acceptors (Lipinski definition) is 9. The van der Waals surface area contributed by atoms with E-state index in [1.54, 1.807) is 14.0 Å². The van der Waals surface area contributed by atoms with Crippen LogP contribution in [0.4, 0.5) is 0 Å². The number of benzene rings is 1. The molecule has 0 radical (unpaired) electrons. The summed E-state index contributed by atoms with van der Waals surface area (Å²) in [6, 6.07) is 0.